The van der Waals surface area contributed by atoms with Crippen LogP contribution in [-0.4, -0.2) is 19.8 Å². The first kappa shape index (κ1) is 16.7. The fraction of sp³-hybridized carbons (Fsp3) is 0.571. The van der Waals surface area contributed by atoms with Crippen LogP contribution in [0.1, 0.15) is 32.3 Å². The van der Waals surface area contributed by atoms with Crippen molar-refractivity contribution in [1.82, 2.24) is 4.72 Å². The van der Waals surface area contributed by atoms with E-state index in [2.05, 4.69) is 34.5 Å². The molecule has 0 saturated carbocycles. The van der Waals surface area contributed by atoms with Crippen molar-refractivity contribution >= 4 is 26.0 Å². The summed E-state index contributed by atoms with van der Waals surface area (Å²) in [6, 6.07) is 6.89. The zero-order valence-corrected chi connectivity index (χ0v) is 14.1. The predicted molar refractivity (Wildman–Crippen MR) is 83.2 cm³/mol. The zero-order chi connectivity index (χ0) is 14.5. The molecule has 1 unspecified atom stereocenters. The highest BCUT2D eigenvalue weighted by Gasteiger charge is 2.19. The van der Waals surface area contributed by atoms with E-state index in [9.17, 15) is 8.42 Å². The van der Waals surface area contributed by atoms with Crippen LogP contribution in [0.5, 0.6) is 0 Å². The molecule has 0 radical (unpaired) electrons. The number of hydrogen-bond acceptors (Lipinski definition) is 2. The van der Waals surface area contributed by atoms with Gasteiger partial charge in [-0.05, 0) is 25.0 Å². The van der Waals surface area contributed by atoms with Crippen molar-refractivity contribution < 1.29 is 8.42 Å². The summed E-state index contributed by atoms with van der Waals surface area (Å²) < 4.78 is 26.9. The van der Waals surface area contributed by atoms with Crippen LogP contribution in [0.3, 0.4) is 0 Å². The van der Waals surface area contributed by atoms with Crippen molar-refractivity contribution in [3.05, 3.63) is 29.8 Å². The van der Waals surface area contributed by atoms with Gasteiger partial charge in [-0.3, -0.25) is 0 Å². The summed E-state index contributed by atoms with van der Waals surface area (Å²) in [5, 5.41) is 0. The van der Waals surface area contributed by atoms with Crippen LogP contribution >= 0.6 is 15.9 Å². The second-order valence-corrected chi connectivity index (χ2v) is 7.70. The Morgan fingerprint density at radius 3 is 2.16 bits per heavy atom. The molecule has 0 aromatic heterocycles. The van der Waals surface area contributed by atoms with Gasteiger partial charge in [-0.1, -0.05) is 60.3 Å². The largest absolute Gasteiger partial charge is 0.240 e. The lowest BCUT2D eigenvalue weighted by Crippen LogP contribution is -2.32. The van der Waals surface area contributed by atoms with Crippen LogP contribution in [0.2, 0.25) is 0 Å². The lowest BCUT2D eigenvalue weighted by molar-refractivity contribution is 0.471. The van der Waals surface area contributed by atoms with Gasteiger partial charge in [-0.15, -0.1) is 0 Å². The Labute approximate surface area is 125 Å². The van der Waals surface area contributed by atoms with Crippen LogP contribution in [0.15, 0.2) is 29.2 Å². The lowest BCUT2D eigenvalue weighted by atomic mass is 10.00. The number of nitrogens with one attached hydrogen (secondary N) is 1. The van der Waals surface area contributed by atoms with E-state index >= 15 is 0 Å². The third-order valence-electron chi connectivity index (χ3n) is 3.36. The van der Waals surface area contributed by atoms with Gasteiger partial charge in [0.25, 0.3) is 0 Å². The minimum Gasteiger partial charge on any atom is -0.210 e. The minimum absolute atomic E-state index is 0.169. The molecule has 5 heteroatoms. The highest BCUT2D eigenvalue weighted by molar-refractivity contribution is 9.09. The molecule has 0 fully saturated rings. The molecule has 1 aromatic carbocycles. The molecule has 1 aromatic rings. The SMILES string of the molecule is CCC(CC)C(Br)CNS(=O)(=O)c1ccc(C)cc1. The molecule has 1 atom stereocenters. The molecule has 0 spiro atoms. The molecular weight excluding hydrogens is 326 g/mol. The van der Waals surface area contributed by atoms with E-state index in [1.54, 1.807) is 24.3 Å². The van der Waals surface area contributed by atoms with Gasteiger partial charge in [0, 0.05) is 11.4 Å². The Balaban J connectivity index is 2.68. The van der Waals surface area contributed by atoms with Crippen molar-refractivity contribution in [3.63, 3.8) is 0 Å². The zero-order valence-electron chi connectivity index (χ0n) is 11.7. The summed E-state index contributed by atoms with van der Waals surface area (Å²) in [6.07, 6.45) is 2.08. The molecule has 3 nitrogen and oxygen atoms in total. The maximum absolute atomic E-state index is 12.1. The summed E-state index contributed by atoms with van der Waals surface area (Å²) in [6.45, 7) is 6.60. The molecule has 0 amide bonds. The van der Waals surface area contributed by atoms with Gasteiger partial charge in [-0.25, -0.2) is 13.1 Å². The number of alkyl halides is 1. The number of sulfonamides is 1. The van der Waals surface area contributed by atoms with Crippen LogP contribution in [0.4, 0.5) is 0 Å². The summed E-state index contributed by atoms with van der Waals surface area (Å²) in [4.78, 5) is 0.491. The first-order valence-electron chi connectivity index (χ1n) is 6.61. The molecule has 108 valence electrons. The van der Waals surface area contributed by atoms with E-state index in [1.165, 1.54) is 0 Å². The number of hydrogen-bond donors (Lipinski definition) is 1. The van der Waals surface area contributed by atoms with Crippen LogP contribution < -0.4 is 4.72 Å². The van der Waals surface area contributed by atoms with E-state index in [4.69, 9.17) is 0 Å². The molecule has 0 saturated heterocycles. The van der Waals surface area contributed by atoms with E-state index in [-0.39, 0.29) is 4.83 Å². The Bertz CT molecular complexity index is 481. The molecule has 0 bridgehead atoms. The Hall–Kier alpha value is -0.390. The van der Waals surface area contributed by atoms with Gasteiger partial charge in [0.1, 0.15) is 0 Å². The topological polar surface area (TPSA) is 46.2 Å². The summed E-state index contributed by atoms with van der Waals surface area (Å²) in [5.41, 5.74) is 1.05. The Kier molecular flexibility index (Phi) is 6.50. The molecule has 0 aliphatic carbocycles. The first-order chi connectivity index (χ1) is 8.90. The van der Waals surface area contributed by atoms with Gasteiger partial charge in [0.05, 0.1) is 4.90 Å². The van der Waals surface area contributed by atoms with Crippen molar-refractivity contribution in [2.75, 3.05) is 6.54 Å². The van der Waals surface area contributed by atoms with E-state index < -0.39 is 10.0 Å². The molecule has 0 heterocycles. The lowest BCUT2D eigenvalue weighted by Gasteiger charge is -2.19. The molecule has 0 aliphatic rings. The highest BCUT2D eigenvalue weighted by atomic mass is 79.9. The van der Waals surface area contributed by atoms with Gasteiger partial charge < -0.3 is 0 Å². The van der Waals surface area contributed by atoms with Gasteiger partial charge >= 0.3 is 0 Å². The molecule has 19 heavy (non-hydrogen) atoms. The average molecular weight is 348 g/mol. The molecular formula is C14H22BrNO2S. The minimum atomic E-state index is -3.40. The quantitative estimate of drug-likeness (QED) is 0.767. The van der Waals surface area contributed by atoms with Crippen molar-refractivity contribution in [2.24, 2.45) is 5.92 Å². The van der Waals surface area contributed by atoms with Crippen LogP contribution in [0.25, 0.3) is 0 Å². The van der Waals surface area contributed by atoms with Crippen molar-refractivity contribution in [3.8, 4) is 0 Å². The van der Waals surface area contributed by atoms with E-state index in [0.29, 0.717) is 17.4 Å². The predicted octanol–water partition coefficient (Wildman–Crippen LogP) is 3.47. The summed E-state index contributed by atoms with van der Waals surface area (Å²) >= 11 is 3.57. The maximum Gasteiger partial charge on any atom is 0.240 e. The third kappa shape index (κ3) is 4.89. The number of rotatable bonds is 7. The molecule has 0 aliphatic heterocycles. The van der Waals surface area contributed by atoms with Gasteiger partial charge in [-0.2, -0.15) is 0 Å². The molecule has 1 N–H and O–H groups in total. The van der Waals surface area contributed by atoms with Crippen LogP contribution in [-0.2, 0) is 10.0 Å². The van der Waals surface area contributed by atoms with Gasteiger partial charge in [0.15, 0.2) is 0 Å². The third-order valence-corrected chi connectivity index (χ3v) is 5.87. The van der Waals surface area contributed by atoms with Crippen molar-refractivity contribution in [2.45, 2.75) is 43.3 Å². The first-order valence-corrected chi connectivity index (χ1v) is 9.01. The Morgan fingerprint density at radius 2 is 1.68 bits per heavy atom. The van der Waals surface area contributed by atoms with Crippen molar-refractivity contribution in [1.29, 1.82) is 0 Å². The summed E-state index contributed by atoms with van der Waals surface area (Å²) in [7, 11) is -3.40. The number of benzene rings is 1. The second-order valence-electron chi connectivity index (χ2n) is 4.76. The highest BCUT2D eigenvalue weighted by Crippen LogP contribution is 2.20. The summed E-state index contributed by atoms with van der Waals surface area (Å²) in [5.74, 6) is 0.487. The monoisotopic (exact) mass is 347 g/mol. The maximum atomic E-state index is 12.1. The van der Waals surface area contributed by atoms with Crippen LogP contribution in [0, 0.1) is 12.8 Å². The van der Waals surface area contributed by atoms with Gasteiger partial charge in [0.2, 0.25) is 10.0 Å². The smallest absolute Gasteiger partial charge is 0.210 e. The van der Waals surface area contributed by atoms with E-state index in [0.717, 1.165) is 18.4 Å². The normalized spacial score (nSPS) is 13.7. The standard InChI is InChI=1S/C14H22BrNO2S/c1-4-12(5-2)14(15)10-16-19(17,18)13-8-6-11(3)7-9-13/h6-9,12,14,16H,4-5,10H2,1-3H3. The number of halogens is 1. The fourth-order valence-corrected chi connectivity index (χ4v) is 4.14. The molecule has 1 rings (SSSR count). The van der Waals surface area contributed by atoms with E-state index in [1.807, 2.05) is 6.92 Å². The second kappa shape index (κ2) is 7.41. The average Bonchev–Trinajstić information content (AvgIpc) is 2.38. The Morgan fingerprint density at radius 1 is 1.16 bits per heavy atom. The number of aryl methyl sites for hydroxylation is 1. The fourth-order valence-electron chi connectivity index (χ4n) is 1.96.